The zero-order chi connectivity index (χ0) is 12.3. The summed E-state index contributed by atoms with van der Waals surface area (Å²) >= 11 is 0. The van der Waals surface area contributed by atoms with Gasteiger partial charge in [-0.2, -0.15) is 0 Å². The largest absolute Gasteiger partial charge is 0.481 e. The molecule has 1 aromatic carbocycles. The van der Waals surface area contributed by atoms with Gasteiger partial charge in [0.05, 0.1) is 0 Å². The Balaban J connectivity index is 2.84. The van der Waals surface area contributed by atoms with Crippen molar-refractivity contribution in [2.24, 2.45) is 5.73 Å². The number of aliphatic carboxylic acids is 1. The van der Waals surface area contributed by atoms with Gasteiger partial charge in [-0.3, -0.25) is 4.79 Å². The van der Waals surface area contributed by atoms with E-state index in [1.54, 1.807) is 26.0 Å². The van der Waals surface area contributed by atoms with Crippen LogP contribution in [0.1, 0.15) is 35.6 Å². The molecule has 0 aliphatic heterocycles. The summed E-state index contributed by atoms with van der Waals surface area (Å²) in [6.07, 6.45) is 0.385. The molecule has 1 atom stereocenters. The summed E-state index contributed by atoms with van der Waals surface area (Å²) in [4.78, 5) is 10.4. The topological polar surface area (TPSA) is 63.3 Å². The fourth-order valence-electron chi connectivity index (χ4n) is 1.64. The quantitative estimate of drug-likeness (QED) is 0.826. The van der Waals surface area contributed by atoms with Gasteiger partial charge >= 0.3 is 5.97 Å². The second-order valence-corrected chi connectivity index (χ2v) is 4.01. The van der Waals surface area contributed by atoms with Crippen LogP contribution in [0.2, 0.25) is 0 Å². The molecule has 0 heterocycles. The Kier molecular flexibility index (Phi) is 4.01. The van der Waals surface area contributed by atoms with E-state index in [4.69, 9.17) is 10.8 Å². The Morgan fingerprint density at radius 1 is 1.44 bits per heavy atom. The van der Waals surface area contributed by atoms with Crippen molar-refractivity contribution >= 4 is 5.97 Å². The number of aryl methyl sites for hydroxylation is 2. The van der Waals surface area contributed by atoms with Crippen molar-refractivity contribution < 1.29 is 14.3 Å². The molecule has 0 aliphatic carbocycles. The molecule has 1 rings (SSSR count). The smallest absolute Gasteiger partial charge is 0.303 e. The van der Waals surface area contributed by atoms with Crippen molar-refractivity contribution in [2.45, 2.75) is 32.7 Å². The van der Waals surface area contributed by atoms with E-state index in [1.165, 1.54) is 0 Å². The molecule has 0 amide bonds. The van der Waals surface area contributed by atoms with Gasteiger partial charge in [0.2, 0.25) is 0 Å². The van der Waals surface area contributed by atoms with Gasteiger partial charge in [0.1, 0.15) is 5.82 Å². The highest BCUT2D eigenvalue weighted by Gasteiger charge is 2.11. The van der Waals surface area contributed by atoms with Crippen LogP contribution in [-0.2, 0) is 4.79 Å². The number of benzene rings is 1. The van der Waals surface area contributed by atoms with Crippen LogP contribution in [0.15, 0.2) is 12.1 Å². The minimum absolute atomic E-state index is 0.0244. The monoisotopic (exact) mass is 225 g/mol. The number of carboxylic acids is 1. The van der Waals surface area contributed by atoms with Crippen molar-refractivity contribution in [3.8, 4) is 0 Å². The first-order valence-electron chi connectivity index (χ1n) is 5.16. The third-order valence-corrected chi connectivity index (χ3v) is 2.56. The highest BCUT2D eigenvalue weighted by atomic mass is 19.1. The first-order valence-corrected chi connectivity index (χ1v) is 5.16. The molecule has 0 spiro atoms. The van der Waals surface area contributed by atoms with Crippen LogP contribution in [0, 0.1) is 19.7 Å². The molecule has 3 nitrogen and oxygen atoms in total. The Morgan fingerprint density at radius 3 is 2.38 bits per heavy atom. The molecule has 0 aromatic heterocycles. The molecule has 0 radical (unpaired) electrons. The summed E-state index contributed by atoms with van der Waals surface area (Å²) in [7, 11) is 0. The number of carbonyl (C=O) groups is 1. The molecule has 0 bridgehead atoms. The van der Waals surface area contributed by atoms with E-state index in [1.807, 2.05) is 0 Å². The maximum Gasteiger partial charge on any atom is 0.303 e. The van der Waals surface area contributed by atoms with Gasteiger partial charge in [-0.1, -0.05) is 12.1 Å². The summed E-state index contributed by atoms with van der Waals surface area (Å²) in [5.74, 6) is -1.10. The Morgan fingerprint density at radius 2 is 1.94 bits per heavy atom. The maximum absolute atomic E-state index is 13.4. The number of halogens is 1. The summed E-state index contributed by atoms with van der Waals surface area (Å²) in [6.45, 7) is 3.35. The van der Waals surface area contributed by atoms with Gasteiger partial charge < -0.3 is 10.8 Å². The molecular formula is C12H16FNO2. The minimum Gasteiger partial charge on any atom is -0.481 e. The number of hydrogen-bond acceptors (Lipinski definition) is 2. The number of carboxylic acid groups (broad SMARTS) is 1. The van der Waals surface area contributed by atoms with Crippen LogP contribution in [0.5, 0.6) is 0 Å². The van der Waals surface area contributed by atoms with Crippen LogP contribution in [0.3, 0.4) is 0 Å². The van der Waals surface area contributed by atoms with Crippen LogP contribution in [0.4, 0.5) is 4.39 Å². The predicted octanol–water partition coefficient (Wildman–Crippen LogP) is 2.31. The lowest BCUT2D eigenvalue weighted by Crippen LogP contribution is -2.13. The Bertz CT molecular complexity index is 381. The Labute approximate surface area is 94.1 Å². The molecular weight excluding hydrogens is 209 g/mol. The normalized spacial score (nSPS) is 12.5. The first kappa shape index (κ1) is 12.6. The van der Waals surface area contributed by atoms with Crippen molar-refractivity contribution in [1.29, 1.82) is 0 Å². The maximum atomic E-state index is 13.4. The van der Waals surface area contributed by atoms with Crippen molar-refractivity contribution in [3.05, 3.63) is 34.6 Å². The SMILES string of the molecule is Cc1cc(C(N)CCC(=O)O)cc(C)c1F. The van der Waals surface area contributed by atoms with Crippen LogP contribution in [0.25, 0.3) is 0 Å². The summed E-state index contributed by atoms with van der Waals surface area (Å²) in [5.41, 5.74) is 7.72. The molecule has 0 aliphatic rings. The van der Waals surface area contributed by atoms with Gasteiger partial charge in [-0.05, 0) is 37.0 Å². The van der Waals surface area contributed by atoms with Crippen LogP contribution < -0.4 is 5.73 Å². The molecule has 4 heteroatoms. The van der Waals surface area contributed by atoms with E-state index in [0.717, 1.165) is 5.56 Å². The zero-order valence-electron chi connectivity index (χ0n) is 9.46. The second-order valence-electron chi connectivity index (χ2n) is 4.01. The highest BCUT2D eigenvalue weighted by molar-refractivity contribution is 5.66. The average Bonchev–Trinajstić information content (AvgIpc) is 2.21. The highest BCUT2D eigenvalue weighted by Crippen LogP contribution is 2.21. The van der Waals surface area contributed by atoms with Gasteiger partial charge in [0.15, 0.2) is 0 Å². The predicted molar refractivity (Wildman–Crippen MR) is 59.7 cm³/mol. The van der Waals surface area contributed by atoms with E-state index in [0.29, 0.717) is 17.5 Å². The summed E-state index contributed by atoms with van der Waals surface area (Å²) < 4.78 is 13.4. The van der Waals surface area contributed by atoms with E-state index < -0.39 is 5.97 Å². The minimum atomic E-state index is -0.869. The van der Waals surface area contributed by atoms with E-state index in [9.17, 15) is 9.18 Å². The third kappa shape index (κ3) is 3.03. The first-order chi connectivity index (χ1) is 7.41. The zero-order valence-corrected chi connectivity index (χ0v) is 9.46. The molecule has 3 N–H and O–H groups in total. The molecule has 0 saturated carbocycles. The molecule has 0 saturated heterocycles. The van der Waals surface area contributed by atoms with Gasteiger partial charge in [0, 0.05) is 12.5 Å². The molecule has 1 aromatic rings. The van der Waals surface area contributed by atoms with Crippen molar-refractivity contribution in [2.75, 3.05) is 0 Å². The van der Waals surface area contributed by atoms with E-state index in [-0.39, 0.29) is 18.3 Å². The van der Waals surface area contributed by atoms with Gasteiger partial charge in [0.25, 0.3) is 0 Å². The standard InChI is InChI=1S/C12H16FNO2/c1-7-5-9(6-8(2)12(7)13)10(14)3-4-11(15)16/h5-6,10H,3-4,14H2,1-2H3,(H,15,16). The lowest BCUT2D eigenvalue weighted by atomic mass is 9.98. The van der Waals surface area contributed by atoms with Gasteiger partial charge in [-0.25, -0.2) is 4.39 Å². The molecule has 16 heavy (non-hydrogen) atoms. The van der Waals surface area contributed by atoms with Crippen LogP contribution in [-0.4, -0.2) is 11.1 Å². The lowest BCUT2D eigenvalue weighted by Gasteiger charge is -2.13. The van der Waals surface area contributed by atoms with Crippen molar-refractivity contribution in [1.82, 2.24) is 0 Å². The Hall–Kier alpha value is -1.42. The number of hydrogen-bond donors (Lipinski definition) is 2. The fourth-order valence-corrected chi connectivity index (χ4v) is 1.64. The summed E-state index contributed by atoms with van der Waals surface area (Å²) in [6, 6.07) is 3.00. The van der Waals surface area contributed by atoms with Crippen molar-refractivity contribution in [3.63, 3.8) is 0 Å². The molecule has 0 fully saturated rings. The number of rotatable bonds is 4. The van der Waals surface area contributed by atoms with Crippen LogP contribution >= 0.6 is 0 Å². The second kappa shape index (κ2) is 5.07. The molecule has 88 valence electrons. The average molecular weight is 225 g/mol. The van der Waals surface area contributed by atoms with Gasteiger partial charge in [-0.15, -0.1) is 0 Å². The lowest BCUT2D eigenvalue weighted by molar-refractivity contribution is -0.137. The fraction of sp³-hybridized carbons (Fsp3) is 0.417. The van der Waals surface area contributed by atoms with E-state index in [2.05, 4.69) is 0 Å². The molecule has 1 unspecified atom stereocenters. The third-order valence-electron chi connectivity index (χ3n) is 2.56. The van der Waals surface area contributed by atoms with E-state index >= 15 is 0 Å². The number of nitrogens with two attached hydrogens (primary N) is 1. The summed E-state index contributed by atoms with van der Waals surface area (Å²) in [5, 5.41) is 8.55.